The number of aliphatic hydroxyl groups is 1. The zero-order chi connectivity index (χ0) is 10.7. The molecule has 78 valence electrons. The minimum atomic E-state index is -0.609. The zero-order valence-electron chi connectivity index (χ0n) is 8.30. The van der Waals surface area contributed by atoms with Gasteiger partial charge in [-0.2, -0.15) is 0 Å². The van der Waals surface area contributed by atoms with Gasteiger partial charge in [0.25, 0.3) is 0 Å². The zero-order valence-corrected chi connectivity index (χ0v) is 9.05. The van der Waals surface area contributed by atoms with Gasteiger partial charge in [0.2, 0.25) is 0 Å². The van der Waals surface area contributed by atoms with E-state index in [2.05, 4.69) is 0 Å². The van der Waals surface area contributed by atoms with Gasteiger partial charge in [0, 0.05) is 0 Å². The Hall–Kier alpha value is -0.600. The molecule has 0 heterocycles. The number of hydrogen-bond acceptors (Lipinski definition) is 1. The Balaban J connectivity index is 2.80. The molecule has 0 spiro atoms. The molecule has 1 atom stereocenters. The van der Waals surface area contributed by atoms with Gasteiger partial charge in [-0.25, -0.2) is 4.39 Å². The number of benzene rings is 1. The van der Waals surface area contributed by atoms with E-state index in [0.29, 0.717) is 17.9 Å². The fourth-order valence-corrected chi connectivity index (χ4v) is 1.42. The van der Waals surface area contributed by atoms with Crippen molar-refractivity contribution in [1.29, 1.82) is 0 Å². The highest BCUT2D eigenvalue weighted by Gasteiger charge is 2.11. The molecule has 0 aliphatic carbocycles. The first-order chi connectivity index (χ1) is 6.50. The van der Waals surface area contributed by atoms with Crippen molar-refractivity contribution in [2.24, 2.45) is 5.92 Å². The van der Waals surface area contributed by atoms with E-state index in [1.165, 1.54) is 12.1 Å². The molecule has 0 amide bonds. The van der Waals surface area contributed by atoms with Crippen LogP contribution in [0, 0.1) is 11.7 Å². The number of hydrogen-bond donors (Lipinski definition) is 1. The van der Waals surface area contributed by atoms with Crippen LogP contribution in [0.3, 0.4) is 0 Å². The van der Waals surface area contributed by atoms with E-state index in [0.717, 1.165) is 0 Å². The van der Waals surface area contributed by atoms with E-state index in [1.807, 2.05) is 13.8 Å². The standard InChI is InChI=1S/C11H14ClFO/c1-7(2)5-11(14)8-3-4-9(12)10(13)6-8/h3-4,6-7,11,14H,5H2,1-2H3. The van der Waals surface area contributed by atoms with Gasteiger partial charge < -0.3 is 5.11 Å². The Kier molecular flexibility index (Phi) is 3.90. The highest BCUT2D eigenvalue weighted by atomic mass is 35.5. The quantitative estimate of drug-likeness (QED) is 0.819. The molecule has 0 saturated heterocycles. The van der Waals surface area contributed by atoms with Gasteiger partial charge in [0.05, 0.1) is 11.1 Å². The van der Waals surface area contributed by atoms with Gasteiger partial charge >= 0.3 is 0 Å². The van der Waals surface area contributed by atoms with Crippen LogP contribution in [0.1, 0.15) is 31.9 Å². The lowest BCUT2D eigenvalue weighted by atomic mass is 10.00. The third kappa shape index (κ3) is 2.96. The fraction of sp³-hybridized carbons (Fsp3) is 0.455. The lowest BCUT2D eigenvalue weighted by molar-refractivity contribution is 0.150. The lowest BCUT2D eigenvalue weighted by Crippen LogP contribution is -2.02. The Morgan fingerprint density at radius 3 is 2.57 bits per heavy atom. The maximum Gasteiger partial charge on any atom is 0.142 e. The molecule has 0 radical (unpaired) electrons. The van der Waals surface area contributed by atoms with Crippen LogP contribution >= 0.6 is 11.6 Å². The molecule has 3 heteroatoms. The van der Waals surface area contributed by atoms with Gasteiger partial charge in [-0.15, -0.1) is 0 Å². The maximum atomic E-state index is 13.0. The molecular weight excluding hydrogens is 203 g/mol. The highest BCUT2D eigenvalue weighted by molar-refractivity contribution is 6.30. The van der Waals surface area contributed by atoms with E-state index in [4.69, 9.17) is 11.6 Å². The second kappa shape index (κ2) is 4.76. The molecule has 0 aliphatic rings. The summed E-state index contributed by atoms with van der Waals surface area (Å²) in [6.07, 6.45) is 0.0166. The van der Waals surface area contributed by atoms with E-state index in [9.17, 15) is 9.50 Å². The predicted molar refractivity (Wildman–Crippen MR) is 55.8 cm³/mol. The topological polar surface area (TPSA) is 20.2 Å². The first kappa shape index (κ1) is 11.5. The summed E-state index contributed by atoms with van der Waals surface area (Å²) in [5.41, 5.74) is 0.584. The molecule has 0 saturated carbocycles. The van der Waals surface area contributed by atoms with Crippen molar-refractivity contribution in [1.82, 2.24) is 0 Å². The van der Waals surface area contributed by atoms with E-state index in [-0.39, 0.29) is 5.02 Å². The smallest absolute Gasteiger partial charge is 0.142 e. The minimum absolute atomic E-state index is 0.0884. The van der Waals surface area contributed by atoms with Crippen LogP contribution in [0.15, 0.2) is 18.2 Å². The highest BCUT2D eigenvalue weighted by Crippen LogP contribution is 2.24. The van der Waals surface area contributed by atoms with Gasteiger partial charge in [-0.05, 0) is 30.0 Å². The monoisotopic (exact) mass is 216 g/mol. The Labute approximate surface area is 88.5 Å². The normalized spacial score (nSPS) is 13.3. The molecule has 0 fully saturated rings. The molecule has 14 heavy (non-hydrogen) atoms. The second-order valence-corrected chi connectivity index (χ2v) is 4.23. The summed E-state index contributed by atoms with van der Waals surface area (Å²) in [7, 11) is 0. The van der Waals surface area contributed by atoms with E-state index >= 15 is 0 Å². The van der Waals surface area contributed by atoms with Crippen molar-refractivity contribution >= 4 is 11.6 Å². The van der Waals surface area contributed by atoms with Crippen molar-refractivity contribution in [3.8, 4) is 0 Å². The second-order valence-electron chi connectivity index (χ2n) is 3.82. The molecular formula is C11H14ClFO. The Bertz CT molecular complexity index is 312. The Morgan fingerprint density at radius 2 is 2.07 bits per heavy atom. The van der Waals surface area contributed by atoms with E-state index < -0.39 is 11.9 Å². The largest absolute Gasteiger partial charge is 0.388 e. The number of halogens is 2. The van der Waals surface area contributed by atoms with Crippen LogP contribution < -0.4 is 0 Å². The molecule has 1 aromatic carbocycles. The van der Waals surface area contributed by atoms with Gasteiger partial charge in [0.1, 0.15) is 5.82 Å². The summed E-state index contributed by atoms with van der Waals surface area (Å²) in [4.78, 5) is 0. The Morgan fingerprint density at radius 1 is 1.43 bits per heavy atom. The molecule has 1 rings (SSSR count). The van der Waals surface area contributed by atoms with Crippen LogP contribution in [-0.2, 0) is 0 Å². The molecule has 1 N–H and O–H groups in total. The average molecular weight is 217 g/mol. The third-order valence-electron chi connectivity index (χ3n) is 2.02. The predicted octanol–water partition coefficient (Wildman–Crippen LogP) is 3.56. The van der Waals surface area contributed by atoms with Crippen molar-refractivity contribution in [2.75, 3.05) is 0 Å². The number of aliphatic hydroxyl groups excluding tert-OH is 1. The summed E-state index contributed by atoms with van der Waals surface area (Å²) in [6, 6.07) is 4.41. The van der Waals surface area contributed by atoms with Crippen molar-refractivity contribution in [3.05, 3.63) is 34.6 Å². The summed E-state index contributed by atoms with van der Waals surface area (Å²) in [5, 5.41) is 9.78. The van der Waals surface area contributed by atoms with Crippen molar-refractivity contribution < 1.29 is 9.50 Å². The molecule has 1 unspecified atom stereocenters. The van der Waals surface area contributed by atoms with Crippen LogP contribution in [0.2, 0.25) is 5.02 Å². The van der Waals surface area contributed by atoms with Crippen molar-refractivity contribution in [2.45, 2.75) is 26.4 Å². The summed E-state index contributed by atoms with van der Waals surface area (Å²) in [6.45, 7) is 4.02. The van der Waals surface area contributed by atoms with Crippen LogP contribution in [0.5, 0.6) is 0 Å². The molecule has 1 aromatic rings. The lowest BCUT2D eigenvalue weighted by Gasteiger charge is -2.13. The first-order valence-corrected chi connectivity index (χ1v) is 5.01. The average Bonchev–Trinajstić information content (AvgIpc) is 2.08. The van der Waals surface area contributed by atoms with Crippen LogP contribution in [-0.4, -0.2) is 5.11 Å². The van der Waals surface area contributed by atoms with Crippen molar-refractivity contribution in [3.63, 3.8) is 0 Å². The van der Waals surface area contributed by atoms with E-state index in [1.54, 1.807) is 6.07 Å². The van der Waals surface area contributed by atoms with Crippen LogP contribution in [0.4, 0.5) is 4.39 Å². The third-order valence-corrected chi connectivity index (χ3v) is 2.33. The summed E-state index contributed by atoms with van der Waals surface area (Å²) in [5.74, 6) is -0.101. The molecule has 1 nitrogen and oxygen atoms in total. The molecule has 0 aliphatic heterocycles. The summed E-state index contributed by atoms with van der Waals surface area (Å²) >= 11 is 5.53. The van der Waals surface area contributed by atoms with Gasteiger partial charge in [-0.3, -0.25) is 0 Å². The molecule has 0 aromatic heterocycles. The number of rotatable bonds is 3. The minimum Gasteiger partial charge on any atom is -0.388 e. The van der Waals surface area contributed by atoms with Crippen LogP contribution in [0.25, 0.3) is 0 Å². The summed E-state index contributed by atoms with van der Waals surface area (Å²) < 4.78 is 13.0. The first-order valence-electron chi connectivity index (χ1n) is 4.63. The molecule has 0 bridgehead atoms. The van der Waals surface area contributed by atoms with Gasteiger partial charge in [0.15, 0.2) is 0 Å². The van der Waals surface area contributed by atoms with Gasteiger partial charge in [-0.1, -0.05) is 31.5 Å². The fourth-order valence-electron chi connectivity index (χ4n) is 1.30. The maximum absolute atomic E-state index is 13.0. The SMILES string of the molecule is CC(C)CC(O)c1ccc(Cl)c(F)c1.